The Morgan fingerprint density at radius 2 is 1.93 bits per heavy atom. The van der Waals surface area contributed by atoms with Crippen molar-refractivity contribution in [1.82, 2.24) is 19.9 Å². The van der Waals surface area contributed by atoms with Crippen LogP contribution in [0.3, 0.4) is 0 Å². The molecule has 4 rings (SSSR count). The molecular formula is C20H24N4O3. The van der Waals surface area contributed by atoms with Gasteiger partial charge in [0.1, 0.15) is 6.04 Å². The number of benzene rings is 1. The number of amides is 1. The maximum absolute atomic E-state index is 13.1. The summed E-state index contributed by atoms with van der Waals surface area (Å²) in [7, 11) is 0. The Morgan fingerprint density at radius 1 is 1.19 bits per heavy atom. The summed E-state index contributed by atoms with van der Waals surface area (Å²) in [5, 5.41) is 18.0. The number of para-hydroxylation sites is 1. The lowest BCUT2D eigenvalue weighted by Gasteiger charge is -2.33. The average molecular weight is 368 g/mol. The number of hydrogen-bond acceptors (Lipinski definition) is 4. The number of aromatic nitrogens is 3. The summed E-state index contributed by atoms with van der Waals surface area (Å²) in [5.74, 6) is -0.743. The highest BCUT2D eigenvalue weighted by Gasteiger charge is 2.47. The predicted octanol–water partition coefficient (Wildman–Crippen LogP) is 2.36. The predicted molar refractivity (Wildman–Crippen MR) is 98.4 cm³/mol. The number of hydrogen-bond donors (Lipinski definition) is 1. The SMILES string of the molecule is Cc1c(CC(=O)N2C(C(=O)O)CC3CCCCC32)nnn1-c1ccccc1. The number of rotatable bonds is 4. The first-order valence-electron chi connectivity index (χ1n) is 9.57. The zero-order valence-electron chi connectivity index (χ0n) is 15.4. The molecule has 3 unspecified atom stereocenters. The Morgan fingerprint density at radius 3 is 2.67 bits per heavy atom. The highest BCUT2D eigenvalue weighted by molar-refractivity contribution is 5.86. The van der Waals surface area contributed by atoms with Gasteiger partial charge in [0.15, 0.2) is 0 Å². The monoisotopic (exact) mass is 368 g/mol. The average Bonchev–Trinajstić information content (AvgIpc) is 3.24. The number of aliphatic carboxylic acids is 1. The number of carboxylic acids is 1. The number of nitrogens with zero attached hydrogens (tertiary/aromatic N) is 4. The van der Waals surface area contributed by atoms with E-state index in [1.54, 1.807) is 9.58 Å². The molecule has 0 radical (unpaired) electrons. The molecule has 0 spiro atoms. The highest BCUT2D eigenvalue weighted by Crippen LogP contribution is 2.40. The summed E-state index contributed by atoms with van der Waals surface area (Å²) in [4.78, 5) is 26.4. The van der Waals surface area contributed by atoms with Crippen molar-refractivity contribution in [3.05, 3.63) is 41.7 Å². The molecule has 7 nitrogen and oxygen atoms in total. The standard InChI is InChI=1S/C20H24N4O3/c1-13-16(21-22-24(13)15-8-3-2-4-9-15)12-19(25)23-17-10-6-5-7-14(17)11-18(23)20(26)27/h2-4,8-9,14,17-18H,5-7,10-12H2,1H3,(H,26,27). The second-order valence-electron chi connectivity index (χ2n) is 7.55. The molecule has 142 valence electrons. The van der Waals surface area contributed by atoms with Crippen LogP contribution in [0.5, 0.6) is 0 Å². The summed E-state index contributed by atoms with van der Waals surface area (Å²) >= 11 is 0. The summed E-state index contributed by atoms with van der Waals surface area (Å²) < 4.78 is 1.71. The smallest absolute Gasteiger partial charge is 0.326 e. The van der Waals surface area contributed by atoms with E-state index in [0.29, 0.717) is 18.0 Å². The van der Waals surface area contributed by atoms with Gasteiger partial charge in [-0.05, 0) is 44.2 Å². The largest absolute Gasteiger partial charge is 0.480 e. The third kappa shape index (κ3) is 3.22. The quantitative estimate of drug-likeness (QED) is 0.895. The third-order valence-corrected chi connectivity index (χ3v) is 5.97. The van der Waals surface area contributed by atoms with Crippen molar-refractivity contribution in [1.29, 1.82) is 0 Å². The lowest BCUT2D eigenvalue weighted by atomic mass is 9.84. The van der Waals surface area contributed by atoms with Gasteiger partial charge < -0.3 is 10.0 Å². The van der Waals surface area contributed by atoms with E-state index >= 15 is 0 Å². The van der Waals surface area contributed by atoms with Crippen LogP contribution in [0.1, 0.15) is 43.5 Å². The fourth-order valence-electron chi connectivity index (χ4n) is 4.61. The summed E-state index contributed by atoms with van der Waals surface area (Å²) in [5.41, 5.74) is 2.30. The lowest BCUT2D eigenvalue weighted by molar-refractivity contribution is -0.149. The van der Waals surface area contributed by atoms with Crippen LogP contribution in [-0.4, -0.2) is 49.0 Å². The van der Waals surface area contributed by atoms with E-state index in [9.17, 15) is 14.7 Å². The third-order valence-electron chi connectivity index (χ3n) is 5.97. The minimum atomic E-state index is -0.901. The molecule has 2 heterocycles. The Hall–Kier alpha value is -2.70. The number of carboxylic acid groups (broad SMARTS) is 1. The fraction of sp³-hybridized carbons (Fsp3) is 0.500. The van der Waals surface area contributed by atoms with Gasteiger partial charge in [-0.3, -0.25) is 4.79 Å². The molecule has 27 heavy (non-hydrogen) atoms. The van der Waals surface area contributed by atoms with Gasteiger partial charge in [-0.1, -0.05) is 36.3 Å². The van der Waals surface area contributed by atoms with Crippen molar-refractivity contribution in [3.63, 3.8) is 0 Å². The van der Waals surface area contributed by atoms with Gasteiger partial charge in [0.2, 0.25) is 5.91 Å². The Kier molecular flexibility index (Phi) is 4.68. The van der Waals surface area contributed by atoms with Crippen LogP contribution in [0.25, 0.3) is 5.69 Å². The first kappa shape index (κ1) is 17.7. The van der Waals surface area contributed by atoms with Crippen LogP contribution >= 0.6 is 0 Å². The van der Waals surface area contributed by atoms with Gasteiger partial charge >= 0.3 is 5.97 Å². The molecule has 1 N–H and O–H groups in total. The van der Waals surface area contributed by atoms with E-state index in [1.165, 1.54) is 0 Å². The van der Waals surface area contributed by atoms with E-state index in [4.69, 9.17) is 0 Å². The molecule has 1 amide bonds. The van der Waals surface area contributed by atoms with Gasteiger partial charge in [-0.2, -0.15) is 0 Å². The zero-order chi connectivity index (χ0) is 19.0. The number of likely N-dealkylation sites (tertiary alicyclic amines) is 1. The number of fused-ring (bicyclic) bond motifs is 1. The fourth-order valence-corrected chi connectivity index (χ4v) is 4.61. The topological polar surface area (TPSA) is 88.3 Å². The Labute approximate surface area is 158 Å². The molecule has 1 aromatic heterocycles. The molecule has 2 aliphatic rings. The van der Waals surface area contributed by atoms with Crippen molar-refractivity contribution in [3.8, 4) is 5.69 Å². The van der Waals surface area contributed by atoms with Crippen molar-refractivity contribution in [2.45, 2.75) is 57.5 Å². The molecule has 3 atom stereocenters. The molecular weight excluding hydrogens is 344 g/mol. The normalized spacial score (nSPS) is 24.6. The molecule has 1 aliphatic heterocycles. The van der Waals surface area contributed by atoms with Crippen molar-refractivity contribution >= 4 is 11.9 Å². The van der Waals surface area contributed by atoms with Crippen LogP contribution in [0, 0.1) is 12.8 Å². The minimum absolute atomic E-state index is 0.0526. The molecule has 1 saturated carbocycles. The Bertz CT molecular complexity index is 848. The van der Waals surface area contributed by atoms with Crippen LogP contribution in [0.4, 0.5) is 0 Å². The number of carbonyl (C=O) groups is 2. The molecule has 0 bridgehead atoms. The summed E-state index contributed by atoms with van der Waals surface area (Å²) in [6.07, 6.45) is 4.75. The lowest BCUT2D eigenvalue weighted by Crippen LogP contribution is -2.47. The summed E-state index contributed by atoms with van der Waals surface area (Å²) in [6, 6.07) is 8.98. The van der Waals surface area contributed by atoms with Gasteiger partial charge in [0.05, 0.1) is 23.5 Å². The van der Waals surface area contributed by atoms with Crippen molar-refractivity contribution in [2.24, 2.45) is 5.92 Å². The molecule has 7 heteroatoms. The van der Waals surface area contributed by atoms with E-state index in [1.807, 2.05) is 37.3 Å². The van der Waals surface area contributed by atoms with E-state index in [-0.39, 0.29) is 18.4 Å². The van der Waals surface area contributed by atoms with Gasteiger partial charge in [-0.25, -0.2) is 9.48 Å². The van der Waals surface area contributed by atoms with Gasteiger partial charge in [0, 0.05) is 6.04 Å². The van der Waals surface area contributed by atoms with E-state index < -0.39 is 12.0 Å². The Balaban J connectivity index is 1.56. The number of carbonyl (C=O) groups excluding carboxylic acids is 1. The van der Waals surface area contributed by atoms with Crippen LogP contribution in [0.15, 0.2) is 30.3 Å². The van der Waals surface area contributed by atoms with Crippen molar-refractivity contribution < 1.29 is 14.7 Å². The van der Waals surface area contributed by atoms with Crippen LogP contribution in [-0.2, 0) is 16.0 Å². The van der Waals surface area contributed by atoms with Crippen LogP contribution in [0.2, 0.25) is 0 Å². The summed E-state index contributed by atoms with van der Waals surface area (Å²) in [6.45, 7) is 1.89. The highest BCUT2D eigenvalue weighted by atomic mass is 16.4. The molecule has 2 aromatic rings. The second-order valence-corrected chi connectivity index (χ2v) is 7.55. The maximum Gasteiger partial charge on any atom is 0.326 e. The maximum atomic E-state index is 13.1. The van der Waals surface area contributed by atoms with Gasteiger partial charge in [-0.15, -0.1) is 5.10 Å². The minimum Gasteiger partial charge on any atom is -0.480 e. The first-order valence-corrected chi connectivity index (χ1v) is 9.57. The molecule has 1 aliphatic carbocycles. The molecule has 1 aromatic carbocycles. The van der Waals surface area contributed by atoms with Crippen molar-refractivity contribution in [2.75, 3.05) is 0 Å². The van der Waals surface area contributed by atoms with E-state index in [2.05, 4.69) is 10.3 Å². The molecule has 1 saturated heterocycles. The zero-order valence-corrected chi connectivity index (χ0v) is 15.4. The van der Waals surface area contributed by atoms with E-state index in [0.717, 1.165) is 37.1 Å². The second kappa shape index (κ2) is 7.13. The first-order chi connectivity index (χ1) is 13.1. The molecule has 2 fully saturated rings. The van der Waals surface area contributed by atoms with Crippen LogP contribution < -0.4 is 0 Å². The van der Waals surface area contributed by atoms with Gasteiger partial charge in [0.25, 0.3) is 0 Å².